The number of hydrogen-bond donors (Lipinski definition) is 1. The lowest BCUT2D eigenvalue weighted by Crippen LogP contribution is -2.37. The van der Waals surface area contributed by atoms with Crippen LogP contribution in [0.3, 0.4) is 0 Å². The lowest BCUT2D eigenvalue weighted by atomic mass is 10.2. The third kappa shape index (κ3) is 3.33. The monoisotopic (exact) mass is 287 g/mol. The number of para-hydroxylation sites is 1. The summed E-state index contributed by atoms with van der Waals surface area (Å²) in [6.07, 6.45) is 0. The van der Waals surface area contributed by atoms with E-state index in [1.54, 1.807) is 30.3 Å². The predicted molar refractivity (Wildman–Crippen MR) is 75.2 cm³/mol. The first kappa shape index (κ1) is 14.4. The van der Waals surface area contributed by atoms with E-state index < -0.39 is 18.4 Å². The van der Waals surface area contributed by atoms with E-state index in [1.807, 2.05) is 0 Å². The lowest BCUT2D eigenvalue weighted by Gasteiger charge is -2.20. The van der Waals surface area contributed by atoms with E-state index in [2.05, 4.69) is 5.10 Å². The summed E-state index contributed by atoms with van der Waals surface area (Å²) in [6.45, 7) is -0.493. The van der Waals surface area contributed by atoms with Crippen LogP contribution in [0.4, 0.5) is 5.69 Å². The molecule has 1 amide bonds. The molecule has 0 bridgehead atoms. The smallest absolute Gasteiger partial charge is 0.323 e. The number of anilines is 1. The summed E-state index contributed by atoms with van der Waals surface area (Å²) in [7, 11) is 1.42. The van der Waals surface area contributed by atoms with Crippen molar-refractivity contribution in [1.82, 2.24) is 9.78 Å². The minimum absolute atomic E-state index is 0.00204. The molecular weight excluding hydrogens is 274 g/mol. The van der Waals surface area contributed by atoms with Gasteiger partial charge in [-0.15, -0.1) is 0 Å². The fraction of sp³-hybridized carbons (Fsp3) is 0.143. The van der Waals surface area contributed by atoms with Gasteiger partial charge in [0.1, 0.15) is 12.2 Å². The molecule has 0 radical (unpaired) electrons. The minimum Gasteiger partial charge on any atom is -0.480 e. The number of aryl methyl sites for hydroxylation is 1. The number of hydrogen-bond acceptors (Lipinski definition) is 4. The van der Waals surface area contributed by atoms with Crippen LogP contribution in [0.2, 0.25) is 0 Å². The SMILES string of the molecule is Cn1nc(C(=O)N(CC(=O)O)c2ccccc2)ccc1=O. The summed E-state index contributed by atoms with van der Waals surface area (Å²) < 4.78 is 1.02. The van der Waals surface area contributed by atoms with E-state index in [-0.39, 0.29) is 11.3 Å². The minimum atomic E-state index is -1.14. The number of aliphatic carboxylic acids is 1. The van der Waals surface area contributed by atoms with Crippen LogP contribution in [0, 0.1) is 0 Å². The Labute approximate surface area is 120 Å². The Morgan fingerprint density at radius 2 is 1.86 bits per heavy atom. The zero-order chi connectivity index (χ0) is 15.4. The van der Waals surface area contributed by atoms with Crippen LogP contribution in [-0.4, -0.2) is 33.3 Å². The maximum atomic E-state index is 12.4. The van der Waals surface area contributed by atoms with E-state index in [1.165, 1.54) is 19.2 Å². The number of carbonyl (C=O) groups excluding carboxylic acids is 1. The fourth-order valence-electron chi connectivity index (χ4n) is 1.78. The van der Waals surface area contributed by atoms with Gasteiger partial charge in [-0.05, 0) is 18.2 Å². The van der Waals surface area contributed by atoms with Gasteiger partial charge in [-0.1, -0.05) is 18.2 Å². The van der Waals surface area contributed by atoms with Crippen LogP contribution >= 0.6 is 0 Å². The Balaban J connectivity index is 2.40. The Morgan fingerprint density at radius 1 is 1.19 bits per heavy atom. The van der Waals surface area contributed by atoms with E-state index >= 15 is 0 Å². The summed E-state index contributed by atoms with van der Waals surface area (Å²) >= 11 is 0. The van der Waals surface area contributed by atoms with Gasteiger partial charge < -0.3 is 5.11 Å². The molecule has 7 nitrogen and oxygen atoms in total. The summed E-state index contributed by atoms with van der Waals surface area (Å²) in [6, 6.07) is 10.9. The molecule has 21 heavy (non-hydrogen) atoms. The van der Waals surface area contributed by atoms with Gasteiger partial charge in [0, 0.05) is 18.8 Å². The van der Waals surface area contributed by atoms with E-state index in [0.29, 0.717) is 5.69 Å². The van der Waals surface area contributed by atoms with Gasteiger partial charge in [-0.3, -0.25) is 19.3 Å². The average molecular weight is 287 g/mol. The maximum absolute atomic E-state index is 12.4. The van der Waals surface area contributed by atoms with Crippen LogP contribution in [-0.2, 0) is 11.8 Å². The standard InChI is InChI=1S/C14H13N3O4/c1-16-12(18)8-7-11(15-16)14(21)17(9-13(19)20)10-5-3-2-4-6-10/h2-8H,9H2,1H3,(H,19,20). The molecule has 108 valence electrons. The second kappa shape index (κ2) is 6.00. The number of benzene rings is 1. The first-order chi connectivity index (χ1) is 9.99. The van der Waals surface area contributed by atoms with Gasteiger partial charge in [0.15, 0.2) is 0 Å². The van der Waals surface area contributed by atoms with E-state index in [4.69, 9.17) is 5.11 Å². The van der Waals surface area contributed by atoms with Crippen LogP contribution in [0.25, 0.3) is 0 Å². The van der Waals surface area contributed by atoms with Gasteiger partial charge in [-0.2, -0.15) is 5.10 Å². The van der Waals surface area contributed by atoms with Crippen molar-refractivity contribution in [2.24, 2.45) is 7.05 Å². The number of nitrogens with zero attached hydrogens (tertiary/aromatic N) is 3. The molecular formula is C14H13N3O4. The number of rotatable bonds is 4. The third-order valence-corrected chi connectivity index (χ3v) is 2.79. The molecule has 0 aliphatic carbocycles. The Kier molecular flexibility index (Phi) is 4.13. The Morgan fingerprint density at radius 3 is 2.43 bits per heavy atom. The van der Waals surface area contributed by atoms with Crippen molar-refractivity contribution in [3.8, 4) is 0 Å². The van der Waals surface area contributed by atoms with Crippen molar-refractivity contribution in [2.75, 3.05) is 11.4 Å². The van der Waals surface area contributed by atoms with E-state index in [9.17, 15) is 14.4 Å². The molecule has 0 aliphatic rings. The van der Waals surface area contributed by atoms with Gasteiger partial charge in [0.25, 0.3) is 11.5 Å². The topological polar surface area (TPSA) is 92.5 Å². The highest BCUT2D eigenvalue weighted by molar-refractivity contribution is 6.06. The number of carbonyl (C=O) groups is 2. The predicted octanol–water partition coefficient (Wildman–Crippen LogP) is 0.512. The maximum Gasteiger partial charge on any atom is 0.323 e. The second-order valence-corrected chi connectivity index (χ2v) is 4.30. The summed E-state index contributed by atoms with van der Waals surface area (Å²) in [5.74, 6) is -1.73. The highest BCUT2D eigenvalue weighted by atomic mass is 16.4. The van der Waals surface area contributed by atoms with Crippen molar-refractivity contribution in [3.05, 3.63) is 58.5 Å². The van der Waals surface area contributed by atoms with Crippen molar-refractivity contribution < 1.29 is 14.7 Å². The number of carboxylic acid groups (broad SMARTS) is 1. The van der Waals surface area contributed by atoms with Crippen molar-refractivity contribution in [2.45, 2.75) is 0 Å². The Hall–Kier alpha value is -2.96. The molecule has 1 heterocycles. The normalized spacial score (nSPS) is 10.1. The second-order valence-electron chi connectivity index (χ2n) is 4.30. The molecule has 7 heteroatoms. The molecule has 2 rings (SSSR count). The van der Waals surface area contributed by atoms with Crippen LogP contribution < -0.4 is 10.5 Å². The molecule has 0 unspecified atom stereocenters. The van der Waals surface area contributed by atoms with Gasteiger partial charge in [0.05, 0.1) is 0 Å². The number of amides is 1. The van der Waals surface area contributed by atoms with Crippen LogP contribution in [0.1, 0.15) is 10.5 Å². The quantitative estimate of drug-likeness (QED) is 0.884. The zero-order valence-electron chi connectivity index (χ0n) is 11.3. The van der Waals surface area contributed by atoms with E-state index in [0.717, 1.165) is 9.58 Å². The molecule has 1 aromatic heterocycles. The van der Waals surface area contributed by atoms with Gasteiger partial charge >= 0.3 is 5.97 Å². The molecule has 0 atom stereocenters. The highest BCUT2D eigenvalue weighted by Gasteiger charge is 2.21. The fourth-order valence-corrected chi connectivity index (χ4v) is 1.78. The van der Waals surface area contributed by atoms with Gasteiger partial charge in [0.2, 0.25) is 0 Å². The molecule has 0 fully saturated rings. The molecule has 0 spiro atoms. The summed E-state index contributed by atoms with van der Waals surface area (Å²) in [4.78, 5) is 35.8. The molecule has 1 aromatic carbocycles. The number of aromatic nitrogens is 2. The number of carboxylic acids is 1. The molecule has 0 saturated carbocycles. The van der Waals surface area contributed by atoms with Gasteiger partial charge in [-0.25, -0.2) is 4.68 Å². The zero-order valence-corrected chi connectivity index (χ0v) is 11.3. The van der Waals surface area contributed by atoms with Crippen molar-refractivity contribution in [1.29, 1.82) is 0 Å². The summed E-state index contributed by atoms with van der Waals surface area (Å²) in [5.41, 5.74) is 0.0961. The molecule has 1 N–H and O–H groups in total. The molecule has 0 saturated heterocycles. The van der Waals surface area contributed by atoms with Crippen LogP contribution in [0.15, 0.2) is 47.3 Å². The third-order valence-electron chi connectivity index (χ3n) is 2.79. The first-order valence-electron chi connectivity index (χ1n) is 6.12. The summed E-state index contributed by atoms with van der Waals surface area (Å²) in [5, 5.41) is 12.8. The lowest BCUT2D eigenvalue weighted by molar-refractivity contribution is -0.135. The largest absolute Gasteiger partial charge is 0.480 e. The Bertz CT molecular complexity index is 724. The average Bonchev–Trinajstić information content (AvgIpc) is 2.47. The molecule has 0 aliphatic heterocycles. The highest BCUT2D eigenvalue weighted by Crippen LogP contribution is 2.15. The molecule has 2 aromatic rings. The van der Waals surface area contributed by atoms with Crippen molar-refractivity contribution >= 4 is 17.6 Å². The van der Waals surface area contributed by atoms with Crippen molar-refractivity contribution in [3.63, 3.8) is 0 Å². The first-order valence-corrected chi connectivity index (χ1v) is 6.12. The van der Waals surface area contributed by atoms with Crippen LogP contribution in [0.5, 0.6) is 0 Å².